The SMILES string of the molecule is CN/C=C(\C(=N)NC(C)=O)c1cnc2ccc(N/C(N)=C/C(=C\N)C(C)C)nc2c1. The average molecular weight is 409 g/mol. The Labute approximate surface area is 175 Å². The zero-order chi connectivity index (χ0) is 22.3. The van der Waals surface area contributed by atoms with E-state index in [-0.39, 0.29) is 17.7 Å². The van der Waals surface area contributed by atoms with Gasteiger partial charge in [-0.15, -0.1) is 0 Å². The van der Waals surface area contributed by atoms with E-state index in [0.717, 1.165) is 5.57 Å². The Morgan fingerprint density at radius 1 is 1.27 bits per heavy atom. The van der Waals surface area contributed by atoms with E-state index >= 15 is 0 Å². The number of fused-ring (bicyclic) bond motifs is 1. The number of anilines is 1. The summed E-state index contributed by atoms with van der Waals surface area (Å²) >= 11 is 0. The van der Waals surface area contributed by atoms with Gasteiger partial charge in [0.2, 0.25) is 5.91 Å². The summed E-state index contributed by atoms with van der Waals surface area (Å²) in [6.07, 6.45) is 6.55. The lowest BCUT2D eigenvalue weighted by Crippen LogP contribution is -2.28. The Hall–Kier alpha value is -3.88. The van der Waals surface area contributed by atoms with Gasteiger partial charge in [0, 0.05) is 37.5 Å². The van der Waals surface area contributed by atoms with Crippen LogP contribution in [0.4, 0.5) is 5.82 Å². The number of allylic oxidation sites excluding steroid dienone is 2. The molecular formula is C21H28N8O. The summed E-state index contributed by atoms with van der Waals surface area (Å²) in [7, 11) is 1.71. The Balaban J connectivity index is 2.38. The lowest BCUT2D eigenvalue weighted by atomic mass is 10.0. The van der Waals surface area contributed by atoms with Crippen LogP contribution in [-0.2, 0) is 4.79 Å². The first kappa shape index (κ1) is 22.4. The molecule has 0 unspecified atom stereocenters. The van der Waals surface area contributed by atoms with Crippen molar-refractivity contribution in [2.45, 2.75) is 20.8 Å². The molecule has 2 rings (SSSR count). The molecule has 0 saturated heterocycles. The number of nitrogens with one attached hydrogen (secondary N) is 4. The molecule has 0 fully saturated rings. The van der Waals surface area contributed by atoms with E-state index in [2.05, 4.69) is 25.9 Å². The van der Waals surface area contributed by atoms with Crippen molar-refractivity contribution in [3.05, 3.63) is 59.8 Å². The number of amides is 1. The van der Waals surface area contributed by atoms with E-state index in [1.54, 1.807) is 37.7 Å². The molecular weight excluding hydrogens is 380 g/mol. The lowest BCUT2D eigenvalue weighted by Gasteiger charge is -2.12. The Morgan fingerprint density at radius 2 is 2.00 bits per heavy atom. The zero-order valence-corrected chi connectivity index (χ0v) is 17.6. The van der Waals surface area contributed by atoms with Gasteiger partial charge in [-0.05, 0) is 42.0 Å². The van der Waals surface area contributed by atoms with Gasteiger partial charge in [0.1, 0.15) is 17.5 Å². The third-order valence-electron chi connectivity index (χ3n) is 4.16. The van der Waals surface area contributed by atoms with Crippen LogP contribution in [0.5, 0.6) is 0 Å². The van der Waals surface area contributed by atoms with Crippen LogP contribution in [0, 0.1) is 11.3 Å². The number of nitrogens with two attached hydrogens (primary N) is 2. The molecule has 0 atom stereocenters. The second-order valence-corrected chi connectivity index (χ2v) is 6.91. The summed E-state index contributed by atoms with van der Waals surface area (Å²) in [5, 5.41) is 16.6. The molecule has 2 aromatic heterocycles. The van der Waals surface area contributed by atoms with Crippen LogP contribution in [0.3, 0.4) is 0 Å². The molecule has 2 heterocycles. The third-order valence-corrected chi connectivity index (χ3v) is 4.16. The first-order valence-electron chi connectivity index (χ1n) is 9.42. The van der Waals surface area contributed by atoms with Gasteiger partial charge in [-0.25, -0.2) is 4.98 Å². The number of nitrogens with zero attached hydrogens (tertiary/aromatic N) is 2. The molecule has 9 heteroatoms. The van der Waals surface area contributed by atoms with Crippen molar-refractivity contribution in [2.75, 3.05) is 12.4 Å². The monoisotopic (exact) mass is 408 g/mol. The summed E-state index contributed by atoms with van der Waals surface area (Å²) in [5.74, 6) is 0.845. The Morgan fingerprint density at radius 3 is 2.60 bits per heavy atom. The second kappa shape index (κ2) is 10.1. The zero-order valence-electron chi connectivity index (χ0n) is 17.6. The van der Waals surface area contributed by atoms with Gasteiger partial charge < -0.3 is 27.4 Å². The van der Waals surface area contributed by atoms with Crippen LogP contribution in [0.1, 0.15) is 26.3 Å². The molecule has 158 valence electrons. The molecule has 8 N–H and O–H groups in total. The highest BCUT2D eigenvalue weighted by molar-refractivity contribution is 6.25. The molecule has 0 radical (unpaired) electrons. The molecule has 0 bridgehead atoms. The van der Waals surface area contributed by atoms with Crippen molar-refractivity contribution in [1.29, 1.82) is 5.41 Å². The summed E-state index contributed by atoms with van der Waals surface area (Å²) in [6, 6.07) is 5.40. The van der Waals surface area contributed by atoms with Crippen molar-refractivity contribution in [3.63, 3.8) is 0 Å². The number of hydrogen-bond acceptors (Lipinski definition) is 8. The summed E-state index contributed by atoms with van der Waals surface area (Å²) in [4.78, 5) is 20.3. The van der Waals surface area contributed by atoms with E-state index in [1.165, 1.54) is 13.1 Å². The highest BCUT2D eigenvalue weighted by Crippen LogP contribution is 2.20. The van der Waals surface area contributed by atoms with Crippen LogP contribution in [0.2, 0.25) is 0 Å². The molecule has 9 nitrogen and oxygen atoms in total. The molecule has 0 saturated carbocycles. The fourth-order valence-corrected chi connectivity index (χ4v) is 2.68. The molecule has 2 aromatic rings. The minimum atomic E-state index is -0.324. The van der Waals surface area contributed by atoms with Crippen LogP contribution < -0.4 is 27.4 Å². The van der Waals surface area contributed by atoms with E-state index in [9.17, 15) is 4.79 Å². The first-order chi connectivity index (χ1) is 14.2. The van der Waals surface area contributed by atoms with Crippen molar-refractivity contribution in [2.24, 2.45) is 17.4 Å². The summed E-state index contributed by atoms with van der Waals surface area (Å²) in [5.41, 5.74) is 15.0. The standard InChI is InChI=1S/C21H28N8O/c1-12(2)14(9-22)8-19(23)29-20-6-5-17-18(28-20)7-15(10-26-17)16(11-25-4)21(24)27-13(3)30/h5-12,25H,22-23H2,1-4H3,(H,28,29)(H2,24,27,30)/b14-9+,16-11-,19-8+. The number of aromatic nitrogens is 2. The van der Waals surface area contributed by atoms with Crippen LogP contribution in [0.15, 0.2) is 54.3 Å². The fraction of sp³-hybridized carbons (Fsp3) is 0.238. The van der Waals surface area contributed by atoms with E-state index < -0.39 is 0 Å². The fourth-order valence-electron chi connectivity index (χ4n) is 2.68. The average Bonchev–Trinajstić information content (AvgIpc) is 2.68. The molecule has 1 amide bonds. The molecule has 0 aliphatic rings. The van der Waals surface area contributed by atoms with Crippen LogP contribution >= 0.6 is 0 Å². The van der Waals surface area contributed by atoms with Crippen molar-refractivity contribution >= 4 is 34.2 Å². The number of carbonyl (C=O) groups excluding carboxylic acids is 1. The third kappa shape index (κ3) is 5.81. The molecule has 0 aliphatic heterocycles. The topological polar surface area (TPSA) is 155 Å². The smallest absolute Gasteiger partial charge is 0.222 e. The number of carbonyl (C=O) groups is 1. The number of pyridine rings is 2. The number of amidine groups is 1. The van der Waals surface area contributed by atoms with Crippen molar-refractivity contribution in [1.82, 2.24) is 20.6 Å². The van der Waals surface area contributed by atoms with Crippen LogP contribution in [0.25, 0.3) is 16.6 Å². The highest BCUT2D eigenvalue weighted by Gasteiger charge is 2.12. The Bertz CT molecular complexity index is 1040. The number of hydrogen-bond donors (Lipinski definition) is 6. The molecule has 30 heavy (non-hydrogen) atoms. The predicted octanol–water partition coefficient (Wildman–Crippen LogP) is 2.01. The maximum Gasteiger partial charge on any atom is 0.222 e. The second-order valence-electron chi connectivity index (χ2n) is 6.91. The summed E-state index contributed by atoms with van der Waals surface area (Å²) in [6.45, 7) is 5.41. The minimum absolute atomic E-state index is 0.0331. The van der Waals surface area contributed by atoms with E-state index in [1.807, 2.05) is 19.9 Å². The largest absolute Gasteiger partial charge is 0.404 e. The minimum Gasteiger partial charge on any atom is -0.404 e. The molecule has 0 aliphatic carbocycles. The van der Waals surface area contributed by atoms with Gasteiger partial charge in [-0.2, -0.15) is 0 Å². The summed E-state index contributed by atoms with van der Waals surface area (Å²) < 4.78 is 0. The first-order valence-corrected chi connectivity index (χ1v) is 9.42. The van der Waals surface area contributed by atoms with Crippen LogP contribution in [-0.4, -0.2) is 28.8 Å². The number of rotatable bonds is 7. The van der Waals surface area contributed by atoms with Gasteiger partial charge >= 0.3 is 0 Å². The van der Waals surface area contributed by atoms with Gasteiger partial charge in [0.25, 0.3) is 0 Å². The normalized spacial score (nSPS) is 12.8. The lowest BCUT2D eigenvalue weighted by molar-refractivity contribution is -0.117. The van der Waals surface area contributed by atoms with Gasteiger partial charge in [-0.1, -0.05) is 13.8 Å². The predicted molar refractivity (Wildman–Crippen MR) is 121 cm³/mol. The van der Waals surface area contributed by atoms with E-state index in [0.29, 0.717) is 33.8 Å². The van der Waals surface area contributed by atoms with Crippen molar-refractivity contribution < 1.29 is 4.79 Å². The van der Waals surface area contributed by atoms with Gasteiger partial charge in [0.05, 0.1) is 11.0 Å². The van der Waals surface area contributed by atoms with Gasteiger partial charge in [0.15, 0.2) is 0 Å². The van der Waals surface area contributed by atoms with Gasteiger partial charge in [-0.3, -0.25) is 15.2 Å². The Kier molecular flexibility index (Phi) is 7.51. The maximum absolute atomic E-state index is 11.3. The highest BCUT2D eigenvalue weighted by atomic mass is 16.1. The molecule has 0 spiro atoms. The quantitative estimate of drug-likeness (QED) is 0.232. The molecule has 0 aromatic carbocycles. The van der Waals surface area contributed by atoms with E-state index in [4.69, 9.17) is 16.9 Å². The maximum atomic E-state index is 11.3. The van der Waals surface area contributed by atoms with Crippen molar-refractivity contribution in [3.8, 4) is 0 Å².